The normalized spacial score (nSPS) is 9.30. The maximum Gasteiger partial charge on any atom is 3.00 e. The molecule has 0 aromatic heterocycles. The number of carbonyl (C=O) groups is 6. The molecule has 3 aromatic carbocycles. The van der Waals surface area contributed by atoms with E-state index in [1.165, 1.54) is 54.6 Å². The zero-order valence-corrected chi connectivity index (χ0v) is 21.5. The molecular weight excluding hydrogens is 572 g/mol. The van der Waals surface area contributed by atoms with Crippen molar-refractivity contribution in [2.24, 2.45) is 0 Å². The minimum Gasteiger partial charge on any atom is -0.545 e. The fourth-order valence-electron chi connectivity index (χ4n) is 3.11. The number of carboxylic acid groups (broad SMARTS) is 6. The van der Waals surface area contributed by atoms with Crippen LogP contribution in [0.1, 0.15) is 47.8 Å². The molecule has 0 amide bonds. The first-order valence-corrected chi connectivity index (χ1v) is 10.9. The Morgan fingerprint density at radius 2 is 0.650 bits per heavy atom. The number of rotatable bonds is 9. The largest absolute Gasteiger partial charge is 3.00 e. The van der Waals surface area contributed by atoms with Gasteiger partial charge in [0.05, 0.1) is 37.2 Å². The van der Waals surface area contributed by atoms with Crippen molar-refractivity contribution >= 4 is 35.8 Å². The van der Waals surface area contributed by atoms with Crippen LogP contribution in [0.15, 0.2) is 72.8 Å². The summed E-state index contributed by atoms with van der Waals surface area (Å²) in [5.74, 6) is -7.23. The van der Waals surface area contributed by atoms with E-state index in [9.17, 15) is 44.1 Å². The van der Waals surface area contributed by atoms with Gasteiger partial charge in [0, 0.05) is 16.7 Å². The van der Waals surface area contributed by atoms with Crippen LogP contribution < -0.4 is 15.3 Å². The molecule has 13 heteroatoms. The fraction of sp³-hybridized carbons (Fsp3) is 0.111. The number of aromatic carboxylic acids is 3. The predicted octanol–water partition coefficient (Wildman–Crippen LogP) is -0.971. The van der Waals surface area contributed by atoms with Gasteiger partial charge < -0.3 is 45.0 Å². The standard InChI is InChI=1S/3C9H8O4.Fe/c3*10-8(11)5-6-3-1-2-4-7(6)9(12)13;/h3*1-4H,5H2,(H,10,11)(H,12,13);/q;;;+3/p-3. The van der Waals surface area contributed by atoms with Crippen molar-refractivity contribution in [3.05, 3.63) is 106 Å². The van der Waals surface area contributed by atoms with Crippen LogP contribution in [-0.4, -0.2) is 51.1 Å². The molecule has 0 aliphatic heterocycles. The second kappa shape index (κ2) is 17.5. The molecule has 40 heavy (non-hydrogen) atoms. The molecule has 0 saturated heterocycles. The van der Waals surface area contributed by atoms with Crippen molar-refractivity contribution in [3.63, 3.8) is 0 Å². The fourth-order valence-corrected chi connectivity index (χ4v) is 3.11. The van der Waals surface area contributed by atoms with Crippen LogP contribution in [0.25, 0.3) is 0 Å². The van der Waals surface area contributed by atoms with E-state index in [-0.39, 0.29) is 69.7 Å². The van der Waals surface area contributed by atoms with Crippen molar-refractivity contribution in [1.29, 1.82) is 0 Å². The van der Waals surface area contributed by atoms with Crippen LogP contribution in [0.5, 0.6) is 0 Å². The molecule has 209 valence electrons. The molecule has 0 fully saturated rings. The van der Waals surface area contributed by atoms with Gasteiger partial charge in [-0.05, 0) is 16.7 Å². The van der Waals surface area contributed by atoms with Crippen LogP contribution >= 0.6 is 0 Å². The van der Waals surface area contributed by atoms with Gasteiger partial charge in [0.25, 0.3) is 0 Å². The molecule has 0 aliphatic carbocycles. The molecular formula is C27H21FeO12. The quantitative estimate of drug-likeness (QED) is 0.254. The number of hydrogen-bond acceptors (Lipinski definition) is 9. The number of aliphatic carboxylic acids is 3. The van der Waals surface area contributed by atoms with E-state index >= 15 is 0 Å². The summed E-state index contributed by atoms with van der Waals surface area (Å²) in [6.45, 7) is 0. The van der Waals surface area contributed by atoms with Crippen molar-refractivity contribution in [2.75, 3.05) is 0 Å². The van der Waals surface area contributed by atoms with Crippen molar-refractivity contribution in [2.45, 2.75) is 19.3 Å². The molecule has 0 heterocycles. The zero-order valence-electron chi connectivity index (χ0n) is 20.4. The summed E-state index contributed by atoms with van der Waals surface area (Å²) in [5, 5.41) is 56.9. The van der Waals surface area contributed by atoms with Crippen molar-refractivity contribution in [3.8, 4) is 0 Å². The average molecular weight is 593 g/mol. The zero-order chi connectivity index (χ0) is 29.5. The Kier molecular flexibility index (Phi) is 15.3. The molecule has 3 rings (SSSR count). The second-order valence-corrected chi connectivity index (χ2v) is 7.55. The molecule has 12 nitrogen and oxygen atoms in total. The van der Waals surface area contributed by atoms with E-state index in [0.29, 0.717) is 0 Å². The van der Waals surface area contributed by atoms with E-state index in [0.717, 1.165) is 0 Å². The third-order valence-corrected chi connectivity index (χ3v) is 4.74. The number of benzene rings is 3. The Hall–Kier alpha value is -5.00. The Balaban J connectivity index is 0.000000563. The first-order valence-electron chi connectivity index (χ1n) is 10.9. The molecule has 3 N–H and O–H groups in total. The monoisotopic (exact) mass is 593 g/mol. The summed E-state index contributed by atoms with van der Waals surface area (Å²) < 4.78 is 0. The maximum atomic E-state index is 10.5. The van der Waals surface area contributed by atoms with E-state index in [1.54, 1.807) is 18.2 Å². The van der Waals surface area contributed by atoms with E-state index < -0.39 is 35.8 Å². The molecule has 3 aromatic rings. The van der Waals surface area contributed by atoms with Crippen LogP contribution in [0.2, 0.25) is 0 Å². The van der Waals surface area contributed by atoms with Gasteiger partial charge in [-0.25, -0.2) is 0 Å². The number of hydrogen-bond donors (Lipinski definition) is 3. The first kappa shape index (κ1) is 35.0. The van der Waals surface area contributed by atoms with Gasteiger partial charge >= 0.3 is 35.0 Å². The summed E-state index contributed by atoms with van der Waals surface area (Å²) in [6.07, 6.45) is -0.904. The van der Waals surface area contributed by atoms with Gasteiger partial charge in [0.15, 0.2) is 0 Å². The average Bonchev–Trinajstić information content (AvgIpc) is 2.84. The molecule has 0 unspecified atom stereocenters. The third-order valence-electron chi connectivity index (χ3n) is 4.74. The van der Waals surface area contributed by atoms with Crippen LogP contribution in [0.3, 0.4) is 0 Å². The summed E-state index contributed by atoms with van der Waals surface area (Å²) in [7, 11) is 0. The van der Waals surface area contributed by atoms with Gasteiger partial charge in [-0.1, -0.05) is 72.8 Å². The Morgan fingerprint density at radius 3 is 0.825 bits per heavy atom. The number of carboxylic acids is 6. The summed E-state index contributed by atoms with van der Waals surface area (Å²) in [5.41, 5.74) is 0.583. The molecule has 0 spiro atoms. The third kappa shape index (κ3) is 12.5. The molecule has 0 atom stereocenters. The number of carbonyl (C=O) groups excluding carboxylic acids is 3. The Morgan fingerprint density at radius 1 is 0.450 bits per heavy atom. The molecule has 0 saturated carbocycles. The van der Waals surface area contributed by atoms with Crippen LogP contribution in [-0.2, 0) is 50.7 Å². The van der Waals surface area contributed by atoms with Gasteiger partial charge in [-0.15, -0.1) is 0 Å². The summed E-state index contributed by atoms with van der Waals surface area (Å²) in [4.78, 5) is 62.5. The van der Waals surface area contributed by atoms with Gasteiger partial charge in [0.2, 0.25) is 0 Å². The first-order chi connectivity index (χ1) is 18.3. The predicted molar refractivity (Wildman–Crippen MR) is 126 cm³/mol. The smallest absolute Gasteiger partial charge is 0.545 e. The minimum atomic E-state index is -1.35. The van der Waals surface area contributed by atoms with Crippen molar-refractivity contribution < 1.29 is 76.5 Å². The second-order valence-electron chi connectivity index (χ2n) is 7.55. The van der Waals surface area contributed by atoms with Gasteiger partial charge in [-0.2, -0.15) is 0 Å². The maximum absolute atomic E-state index is 10.5. The molecule has 0 bridgehead atoms. The van der Waals surface area contributed by atoms with Gasteiger partial charge in [-0.3, -0.25) is 14.4 Å². The van der Waals surface area contributed by atoms with Crippen molar-refractivity contribution in [1.82, 2.24) is 0 Å². The Labute approximate surface area is 237 Å². The van der Waals surface area contributed by atoms with Crippen LogP contribution in [0.4, 0.5) is 0 Å². The summed E-state index contributed by atoms with van der Waals surface area (Å²) >= 11 is 0. The van der Waals surface area contributed by atoms with Crippen LogP contribution in [0, 0.1) is 0 Å². The van der Waals surface area contributed by atoms with E-state index in [2.05, 4.69) is 0 Å². The Bertz CT molecular complexity index is 1200. The van der Waals surface area contributed by atoms with E-state index in [1.807, 2.05) is 0 Å². The minimum absolute atomic E-state index is 0. The molecule has 0 aliphatic rings. The van der Waals surface area contributed by atoms with Gasteiger partial charge in [0.1, 0.15) is 0 Å². The summed E-state index contributed by atoms with van der Waals surface area (Å²) in [6, 6.07) is 17.7. The topological polar surface area (TPSA) is 232 Å². The van der Waals surface area contributed by atoms with E-state index in [4.69, 9.17) is 15.3 Å². The molecule has 1 radical (unpaired) electrons. The SMILES string of the molecule is O=C(O)Cc1ccccc1C(=O)[O-].O=C(O)Cc1ccccc1C(=O)[O-].O=C(O)Cc1ccccc1C(=O)[O-].[Fe+3].